The Morgan fingerprint density at radius 2 is 1.79 bits per heavy atom. The molecule has 2 aromatic rings. The normalized spacial score (nSPS) is 10.5. The molecule has 0 atom stereocenters. The quantitative estimate of drug-likeness (QED) is 0.794. The summed E-state index contributed by atoms with van der Waals surface area (Å²) in [5.41, 5.74) is 1.58. The van der Waals surface area contributed by atoms with Crippen LogP contribution in [0.4, 0.5) is 4.39 Å². The summed E-state index contributed by atoms with van der Waals surface area (Å²) in [6.45, 7) is 0. The summed E-state index contributed by atoms with van der Waals surface area (Å²) >= 11 is 8.96. The molecule has 0 aliphatic heterocycles. The Morgan fingerprint density at radius 3 is 2.42 bits per heavy atom. The SMILES string of the molecule is O=C(Cc1cccc(Br)c1)Cc1ccc(Cl)c(F)c1. The highest BCUT2D eigenvalue weighted by Crippen LogP contribution is 2.17. The minimum atomic E-state index is -0.491. The lowest BCUT2D eigenvalue weighted by atomic mass is 10.0. The van der Waals surface area contributed by atoms with Gasteiger partial charge in [-0.05, 0) is 35.4 Å². The second kappa shape index (κ2) is 6.31. The van der Waals surface area contributed by atoms with Gasteiger partial charge in [-0.3, -0.25) is 4.79 Å². The van der Waals surface area contributed by atoms with Gasteiger partial charge in [0.15, 0.2) is 0 Å². The van der Waals surface area contributed by atoms with Crippen molar-refractivity contribution in [2.75, 3.05) is 0 Å². The molecule has 98 valence electrons. The molecule has 0 unspecified atom stereocenters. The summed E-state index contributed by atoms with van der Waals surface area (Å²) in [7, 11) is 0. The highest BCUT2D eigenvalue weighted by Gasteiger charge is 2.08. The van der Waals surface area contributed by atoms with Crippen LogP contribution in [-0.4, -0.2) is 5.78 Å². The number of halogens is 3. The highest BCUT2D eigenvalue weighted by molar-refractivity contribution is 9.10. The van der Waals surface area contributed by atoms with E-state index in [1.165, 1.54) is 12.1 Å². The Hall–Kier alpha value is -1.19. The smallest absolute Gasteiger partial charge is 0.142 e. The maximum Gasteiger partial charge on any atom is 0.142 e. The Balaban J connectivity index is 2.03. The zero-order chi connectivity index (χ0) is 13.8. The Bertz CT molecular complexity index is 613. The van der Waals surface area contributed by atoms with Crippen LogP contribution in [-0.2, 0) is 17.6 Å². The number of hydrogen-bond donors (Lipinski definition) is 0. The van der Waals surface area contributed by atoms with Crippen LogP contribution in [0.25, 0.3) is 0 Å². The van der Waals surface area contributed by atoms with E-state index in [2.05, 4.69) is 15.9 Å². The summed E-state index contributed by atoms with van der Waals surface area (Å²) in [4.78, 5) is 11.9. The molecule has 2 rings (SSSR count). The van der Waals surface area contributed by atoms with Crippen LogP contribution in [0, 0.1) is 5.82 Å². The van der Waals surface area contributed by atoms with Gasteiger partial charge in [-0.2, -0.15) is 0 Å². The lowest BCUT2D eigenvalue weighted by Crippen LogP contribution is -2.06. The summed E-state index contributed by atoms with van der Waals surface area (Å²) < 4.78 is 14.2. The highest BCUT2D eigenvalue weighted by atomic mass is 79.9. The van der Waals surface area contributed by atoms with Gasteiger partial charge in [-0.15, -0.1) is 0 Å². The molecule has 0 amide bonds. The van der Waals surface area contributed by atoms with Crippen LogP contribution < -0.4 is 0 Å². The van der Waals surface area contributed by atoms with Gasteiger partial charge in [0, 0.05) is 17.3 Å². The van der Waals surface area contributed by atoms with Gasteiger partial charge in [0.25, 0.3) is 0 Å². The molecule has 0 N–H and O–H groups in total. The molecule has 0 saturated carbocycles. The summed E-state index contributed by atoms with van der Waals surface area (Å²) in [6, 6.07) is 12.0. The van der Waals surface area contributed by atoms with Gasteiger partial charge in [0.2, 0.25) is 0 Å². The first kappa shape index (κ1) is 14.2. The molecule has 0 saturated heterocycles. The van der Waals surface area contributed by atoms with Crippen molar-refractivity contribution in [3.8, 4) is 0 Å². The van der Waals surface area contributed by atoms with Gasteiger partial charge >= 0.3 is 0 Å². The van der Waals surface area contributed by atoms with Crippen LogP contribution in [0.3, 0.4) is 0 Å². The van der Waals surface area contributed by atoms with Crippen LogP contribution in [0.5, 0.6) is 0 Å². The van der Waals surface area contributed by atoms with Gasteiger partial charge in [0.1, 0.15) is 11.6 Å². The Morgan fingerprint density at radius 1 is 1.11 bits per heavy atom. The van der Waals surface area contributed by atoms with Gasteiger partial charge in [0.05, 0.1) is 5.02 Å². The zero-order valence-corrected chi connectivity index (χ0v) is 12.3. The largest absolute Gasteiger partial charge is 0.299 e. The second-order valence-corrected chi connectivity index (χ2v) is 5.59. The molecule has 0 heterocycles. The Kier molecular flexibility index (Phi) is 4.72. The van der Waals surface area contributed by atoms with E-state index in [0.717, 1.165) is 10.0 Å². The van der Waals surface area contributed by atoms with E-state index in [1.54, 1.807) is 6.07 Å². The van der Waals surface area contributed by atoms with E-state index in [0.29, 0.717) is 12.0 Å². The van der Waals surface area contributed by atoms with Crippen molar-refractivity contribution < 1.29 is 9.18 Å². The molecular weight excluding hydrogens is 331 g/mol. The lowest BCUT2D eigenvalue weighted by Gasteiger charge is -2.03. The molecule has 0 fully saturated rings. The van der Waals surface area contributed by atoms with Crippen LogP contribution in [0.2, 0.25) is 5.02 Å². The first-order valence-corrected chi connectivity index (χ1v) is 6.92. The van der Waals surface area contributed by atoms with Crippen LogP contribution in [0.1, 0.15) is 11.1 Å². The van der Waals surface area contributed by atoms with E-state index in [4.69, 9.17) is 11.6 Å². The fourth-order valence-corrected chi connectivity index (χ4v) is 2.38. The standard InChI is InChI=1S/C15H11BrClFO/c16-12-3-1-2-10(6-12)7-13(19)8-11-4-5-14(17)15(18)9-11/h1-6,9H,7-8H2. The predicted octanol–water partition coefficient (Wildman–Crippen LogP) is 4.60. The molecule has 0 bridgehead atoms. The van der Waals surface area contributed by atoms with Gasteiger partial charge < -0.3 is 0 Å². The molecule has 0 radical (unpaired) electrons. The zero-order valence-electron chi connectivity index (χ0n) is 10.00. The van der Waals surface area contributed by atoms with Crippen molar-refractivity contribution in [1.29, 1.82) is 0 Å². The van der Waals surface area contributed by atoms with E-state index >= 15 is 0 Å². The summed E-state index contributed by atoms with van der Waals surface area (Å²) in [5.74, 6) is -0.450. The number of ketones is 1. The van der Waals surface area contributed by atoms with Crippen molar-refractivity contribution in [2.24, 2.45) is 0 Å². The molecule has 4 heteroatoms. The lowest BCUT2D eigenvalue weighted by molar-refractivity contribution is -0.117. The maximum atomic E-state index is 13.3. The van der Waals surface area contributed by atoms with E-state index < -0.39 is 5.82 Å². The third-order valence-electron chi connectivity index (χ3n) is 2.68. The topological polar surface area (TPSA) is 17.1 Å². The Labute approximate surface area is 124 Å². The van der Waals surface area contributed by atoms with Gasteiger partial charge in [-0.1, -0.05) is 45.7 Å². The fourth-order valence-electron chi connectivity index (χ4n) is 1.81. The molecular formula is C15H11BrClFO. The maximum absolute atomic E-state index is 13.3. The van der Waals surface area contributed by atoms with E-state index in [-0.39, 0.29) is 17.2 Å². The molecule has 0 aliphatic carbocycles. The van der Waals surface area contributed by atoms with E-state index in [1.807, 2.05) is 24.3 Å². The first-order chi connectivity index (χ1) is 9.04. The minimum absolute atomic E-state index is 0.0415. The third-order valence-corrected chi connectivity index (χ3v) is 3.48. The summed E-state index contributed by atoms with van der Waals surface area (Å²) in [6.07, 6.45) is 0.546. The van der Waals surface area contributed by atoms with Crippen molar-refractivity contribution >= 4 is 33.3 Å². The van der Waals surface area contributed by atoms with Crippen molar-refractivity contribution in [3.63, 3.8) is 0 Å². The average Bonchev–Trinajstić information content (AvgIpc) is 2.34. The van der Waals surface area contributed by atoms with Crippen molar-refractivity contribution in [3.05, 3.63) is 68.9 Å². The van der Waals surface area contributed by atoms with E-state index in [9.17, 15) is 9.18 Å². The first-order valence-electron chi connectivity index (χ1n) is 5.74. The fraction of sp³-hybridized carbons (Fsp3) is 0.133. The molecule has 0 spiro atoms. The summed E-state index contributed by atoms with van der Waals surface area (Å²) in [5, 5.41) is 0.0724. The molecule has 2 aromatic carbocycles. The van der Waals surface area contributed by atoms with Crippen LogP contribution in [0.15, 0.2) is 46.9 Å². The van der Waals surface area contributed by atoms with Crippen molar-refractivity contribution in [1.82, 2.24) is 0 Å². The number of hydrogen-bond acceptors (Lipinski definition) is 1. The third kappa shape index (κ3) is 4.15. The van der Waals surface area contributed by atoms with Gasteiger partial charge in [-0.25, -0.2) is 4.39 Å². The minimum Gasteiger partial charge on any atom is -0.299 e. The number of carbonyl (C=O) groups is 1. The average molecular weight is 342 g/mol. The predicted molar refractivity (Wildman–Crippen MR) is 78.0 cm³/mol. The molecule has 1 nitrogen and oxygen atoms in total. The van der Waals surface area contributed by atoms with Crippen LogP contribution >= 0.6 is 27.5 Å². The monoisotopic (exact) mass is 340 g/mol. The number of Topliss-reactive ketones (excluding diaryl/α,β-unsaturated/α-hetero) is 1. The number of rotatable bonds is 4. The van der Waals surface area contributed by atoms with Crippen molar-refractivity contribution in [2.45, 2.75) is 12.8 Å². The second-order valence-electron chi connectivity index (χ2n) is 4.27. The molecule has 0 aromatic heterocycles. The molecule has 19 heavy (non-hydrogen) atoms. The molecule has 0 aliphatic rings. The number of carbonyl (C=O) groups excluding carboxylic acids is 1. The number of benzene rings is 2.